The third-order valence-corrected chi connectivity index (χ3v) is 2.18. The van der Waals surface area contributed by atoms with Crippen LogP contribution in [0.4, 0.5) is 14.6 Å². The maximum Gasteiger partial charge on any atom is 0.280 e. The molecule has 0 aliphatic rings. The van der Waals surface area contributed by atoms with Crippen LogP contribution < -0.4 is 5.32 Å². The van der Waals surface area contributed by atoms with Crippen molar-refractivity contribution in [1.82, 2.24) is 15.0 Å². The Bertz CT molecular complexity index is 499. The third-order valence-electron chi connectivity index (χ3n) is 2.18. The summed E-state index contributed by atoms with van der Waals surface area (Å²) in [5.74, 6) is 1.11. The molecular weight excluding hydrogens is 226 g/mol. The smallest absolute Gasteiger partial charge is 0.280 e. The highest BCUT2D eigenvalue weighted by molar-refractivity contribution is 5.55. The first-order chi connectivity index (χ1) is 8.20. The molecule has 0 radical (unpaired) electrons. The Morgan fingerprint density at radius 1 is 1.18 bits per heavy atom. The van der Waals surface area contributed by atoms with Crippen molar-refractivity contribution in [3.05, 3.63) is 36.3 Å². The van der Waals surface area contributed by atoms with E-state index < -0.39 is 6.43 Å². The molecule has 0 amide bonds. The average molecular weight is 236 g/mol. The number of alkyl halides is 2. The van der Waals surface area contributed by atoms with Crippen LogP contribution in [0.5, 0.6) is 0 Å². The van der Waals surface area contributed by atoms with Crippen LogP contribution in [0.3, 0.4) is 0 Å². The topological polar surface area (TPSA) is 50.7 Å². The SMILES string of the molecule is CNc1ccnc(-c2ccc(C(F)F)nc2)n1. The van der Waals surface area contributed by atoms with E-state index in [1.807, 2.05) is 0 Å². The normalized spacial score (nSPS) is 10.6. The molecule has 17 heavy (non-hydrogen) atoms. The van der Waals surface area contributed by atoms with Gasteiger partial charge in [-0.05, 0) is 18.2 Å². The van der Waals surface area contributed by atoms with E-state index >= 15 is 0 Å². The van der Waals surface area contributed by atoms with E-state index in [1.54, 1.807) is 19.3 Å². The van der Waals surface area contributed by atoms with Gasteiger partial charge in [-0.25, -0.2) is 18.7 Å². The Morgan fingerprint density at radius 2 is 2.00 bits per heavy atom. The summed E-state index contributed by atoms with van der Waals surface area (Å²) < 4.78 is 24.6. The van der Waals surface area contributed by atoms with Crippen molar-refractivity contribution < 1.29 is 8.78 Å². The van der Waals surface area contributed by atoms with Gasteiger partial charge in [0, 0.05) is 25.0 Å². The molecule has 88 valence electrons. The minimum Gasteiger partial charge on any atom is -0.373 e. The quantitative estimate of drug-likeness (QED) is 0.889. The van der Waals surface area contributed by atoms with Gasteiger partial charge in [-0.3, -0.25) is 4.98 Å². The van der Waals surface area contributed by atoms with Crippen molar-refractivity contribution in [2.45, 2.75) is 6.43 Å². The Balaban J connectivity index is 2.32. The molecule has 0 fully saturated rings. The van der Waals surface area contributed by atoms with Crippen LogP contribution in [-0.2, 0) is 0 Å². The summed E-state index contributed by atoms with van der Waals surface area (Å²) >= 11 is 0. The van der Waals surface area contributed by atoms with E-state index in [0.717, 1.165) is 0 Å². The first kappa shape index (κ1) is 11.4. The number of hydrogen-bond acceptors (Lipinski definition) is 4. The number of nitrogens with zero attached hydrogens (tertiary/aromatic N) is 3. The summed E-state index contributed by atoms with van der Waals surface area (Å²) in [4.78, 5) is 11.9. The largest absolute Gasteiger partial charge is 0.373 e. The number of anilines is 1. The molecule has 0 spiro atoms. The molecule has 0 atom stereocenters. The van der Waals surface area contributed by atoms with E-state index in [9.17, 15) is 8.78 Å². The van der Waals surface area contributed by atoms with Crippen LogP contribution in [0, 0.1) is 0 Å². The molecule has 2 heterocycles. The zero-order chi connectivity index (χ0) is 12.3. The summed E-state index contributed by atoms with van der Waals surface area (Å²) in [7, 11) is 1.74. The number of nitrogens with one attached hydrogen (secondary N) is 1. The summed E-state index contributed by atoms with van der Waals surface area (Å²) in [5.41, 5.74) is 0.352. The fraction of sp³-hybridized carbons (Fsp3) is 0.182. The monoisotopic (exact) mass is 236 g/mol. The minimum absolute atomic E-state index is 0.251. The molecule has 0 unspecified atom stereocenters. The Hall–Kier alpha value is -2.11. The van der Waals surface area contributed by atoms with Gasteiger partial charge >= 0.3 is 0 Å². The molecule has 0 aliphatic carbocycles. The van der Waals surface area contributed by atoms with E-state index in [2.05, 4.69) is 20.3 Å². The molecule has 2 rings (SSSR count). The van der Waals surface area contributed by atoms with Gasteiger partial charge in [-0.1, -0.05) is 0 Å². The number of rotatable bonds is 3. The van der Waals surface area contributed by atoms with E-state index in [1.165, 1.54) is 18.3 Å². The average Bonchev–Trinajstić information content (AvgIpc) is 2.39. The molecule has 0 bridgehead atoms. The maximum absolute atomic E-state index is 12.3. The number of pyridine rings is 1. The molecule has 2 aromatic rings. The Morgan fingerprint density at radius 3 is 2.59 bits per heavy atom. The van der Waals surface area contributed by atoms with Crippen molar-refractivity contribution >= 4 is 5.82 Å². The van der Waals surface area contributed by atoms with Gasteiger partial charge in [0.05, 0.1) is 0 Å². The van der Waals surface area contributed by atoms with Crippen LogP contribution in [0.2, 0.25) is 0 Å². The van der Waals surface area contributed by atoms with Crippen molar-refractivity contribution in [1.29, 1.82) is 0 Å². The van der Waals surface area contributed by atoms with Crippen molar-refractivity contribution in [2.24, 2.45) is 0 Å². The number of aromatic nitrogens is 3. The number of halogens is 2. The van der Waals surface area contributed by atoms with Gasteiger partial charge in [0.25, 0.3) is 6.43 Å². The highest BCUT2D eigenvalue weighted by atomic mass is 19.3. The Labute approximate surface area is 96.8 Å². The van der Waals surface area contributed by atoms with Crippen LogP contribution in [-0.4, -0.2) is 22.0 Å². The van der Waals surface area contributed by atoms with Gasteiger partial charge in [0.15, 0.2) is 5.82 Å². The molecule has 6 heteroatoms. The van der Waals surface area contributed by atoms with Crippen molar-refractivity contribution in [3.8, 4) is 11.4 Å². The summed E-state index contributed by atoms with van der Waals surface area (Å²) in [6.45, 7) is 0. The number of hydrogen-bond donors (Lipinski definition) is 1. The first-order valence-electron chi connectivity index (χ1n) is 4.96. The van der Waals surface area contributed by atoms with Gasteiger partial charge in [0.2, 0.25) is 0 Å². The Kier molecular flexibility index (Phi) is 3.22. The van der Waals surface area contributed by atoms with Gasteiger partial charge < -0.3 is 5.32 Å². The standard InChI is InChI=1S/C11H10F2N4/c1-14-9-4-5-15-11(17-9)7-2-3-8(10(12)13)16-6-7/h2-6,10H,1H3,(H,14,15,17). The van der Waals surface area contributed by atoms with Gasteiger partial charge in [-0.15, -0.1) is 0 Å². The highest BCUT2D eigenvalue weighted by Gasteiger charge is 2.09. The lowest BCUT2D eigenvalue weighted by molar-refractivity contribution is 0.146. The van der Waals surface area contributed by atoms with Crippen LogP contribution in [0.15, 0.2) is 30.6 Å². The molecule has 1 N–H and O–H groups in total. The minimum atomic E-state index is -2.56. The van der Waals surface area contributed by atoms with E-state index in [-0.39, 0.29) is 5.69 Å². The van der Waals surface area contributed by atoms with E-state index in [4.69, 9.17) is 0 Å². The maximum atomic E-state index is 12.3. The van der Waals surface area contributed by atoms with Crippen molar-refractivity contribution in [2.75, 3.05) is 12.4 Å². The predicted octanol–water partition coefficient (Wildman–Crippen LogP) is 2.52. The van der Waals surface area contributed by atoms with Crippen LogP contribution in [0.25, 0.3) is 11.4 Å². The second-order valence-electron chi connectivity index (χ2n) is 3.29. The van der Waals surface area contributed by atoms with E-state index in [0.29, 0.717) is 17.2 Å². The molecule has 0 saturated heterocycles. The second kappa shape index (κ2) is 4.82. The summed E-state index contributed by atoms with van der Waals surface area (Å²) in [6.07, 6.45) is 0.374. The fourth-order valence-corrected chi connectivity index (χ4v) is 1.30. The van der Waals surface area contributed by atoms with Gasteiger partial charge in [-0.2, -0.15) is 0 Å². The summed E-state index contributed by atoms with van der Waals surface area (Å²) in [5, 5.41) is 2.88. The molecule has 2 aromatic heterocycles. The first-order valence-corrected chi connectivity index (χ1v) is 4.96. The molecule has 0 aromatic carbocycles. The summed E-state index contributed by atoms with van der Waals surface area (Å²) in [6, 6.07) is 4.52. The lowest BCUT2D eigenvalue weighted by atomic mass is 10.2. The van der Waals surface area contributed by atoms with Crippen molar-refractivity contribution in [3.63, 3.8) is 0 Å². The zero-order valence-corrected chi connectivity index (χ0v) is 9.06. The molecule has 0 saturated carbocycles. The predicted molar refractivity (Wildman–Crippen MR) is 59.8 cm³/mol. The highest BCUT2D eigenvalue weighted by Crippen LogP contribution is 2.20. The lowest BCUT2D eigenvalue weighted by Crippen LogP contribution is -1.97. The molecular formula is C11H10F2N4. The lowest BCUT2D eigenvalue weighted by Gasteiger charge is -2.03. The van der Waals surface area contributed by atoms with Crippen LogP contribution >= 0.6 is 0 Å². The van der Waals surface area contributed by atoms with Crippen LogP contribution in [0.1, 0.15) is 12.1 Å². The second-order valence-corrected chi connectivity index (χ2v) is 3.29. The zero-order valence-electron chi connectivity index (χ0n) is 9.06. The fourth-order valence-electron chi connectivity index (χ4n) is 1.30. The van der Waals surface area contributed by atoms with Gasteiger partial charge in [0.1, 0.15) is 11.5 Å². The molecule has 4 nitrogen and oxygen atoms in total. The molecule has 0 aliphatic heterocycles. The third kappa shape index (κ3) is 2.52.